The van der Waals surface area contributed by atoms with Crippen LogP contribution in [0.2, 0.25) is 0 Å². The van der Waals surface area contributed by atoms with Crippen LogP contribution in [0.15, 0.2) is 22.8 Å². The molecule has 21 heavy (non-hydrogen) atoms. The second-order valence-corrected chi connectivity index (χ2v) is 4.46. The van der Waals surface area contributed by atoms with Crippen LogP contribution in [-0.4, -0.2) is 22.0 Å². The molecule has 0 unspecified atom stereocenters. The first-order chi connectivity index (χ1) is 9.92. The SMILES string of the molecule is COc1nc(Oc2cc(F)c([N+](=O)[O-])cc2F)ncc1Br. The summed E-state index contributed by atoms with van der Waals surface area (Å²) in [6.45, 7) is 0. The van der Waals surface area contributed by atoms with Gasteiger partial charge in [0.05, 0.1) is 28.8 Å². The maximum atomic E-state index is 13.6. The number of nitro benzene ring substituents is 1. The molecular weight excluding hydrogens is 356 g/mol. The minimum atomic E-state index is -1.24. The largest absolute Gasteiger partial charge is 0.480 e. The first-order valence-electron chi connectivity index (χ1n) is 5.30. The van der Waals surface area contributed by atoms with Gasteiger partial charge in [-0.2, -0.15) is 9.37 Å². The number of hydrogen-bond donors (Lipinski definition) is 0. The smallest absolute Gasteiger partial charge is 0.325 e. The number of nitro groups is 1. The lowest BCUT2D eigenvalue weighted by Crippen LogP contribution is -1.99. The molecule has 0 aliphatic rings. The highest BCUT2D eigenvalue weighted by Crippen LogP contribution is 2.30. The Morgan fingerprint density at radius 2 is 2.05 bits per heavy atom. The van der Waals surface area contributed by atoms with Crippen molar-refractivity contribution in [2.75, 3.05) is 7.11 Å². The van der Waals surface area contributed by atoms with E-state index in [1.807, 2.05) is 0 Å². The molecule has 0 N–H and O–H groups in total. The predicted molar refractivity (Wildman–Crippen MR) is 69.4 cm³/mol. The highest BCUT2D eigenvalue weighted by atomic mass is 79.9. The molecule has 0 aliphatic heterocycles. The fraction of sp³-hybridized carbons (Fsp3) is 0.0909. The van der Waals surface area contributed by atoms with E-state index in [9.17, 15) is 18.9 Å². The van der Waals surface area contributed by atoms with Gasteiger partial charge in [0.25, 0.3) is 0 Å². The summed E-state index contributed by atoms with van der Waals surface area (Å²) >= 11 is 3.11. The van der Waals surface area contributed by atoms with E-state index in [-0.39, 0.29) is 11.9 Å². The number of rotatable bonds is 4. The molecule has 7 nitrogen and oxygen atoms in total. The monoisotopic (exact) mass is 361 g/mol. The summed E-state index contributed by atoms with van der Waals surface area (Å²) in [4.78, 5) is 17.0. The molecule has 0 radical (unpaired) electrons. The molecule has 0 aliphatic carbocycles. The van der Waals surface area contributed by atoms with Crippen molar-refractivity contribution in [3.8, 4) is 17.6 Å². The van der Waals surface area contributed by atoms with Crippen LogP contribution in [0, 0.1) is 21.7 Å². The Balaban J connectivity index is 2.36. The molecule has 0 amide bonds. The highest BCUT2D eigenvalue weighted by molar-refractivity contribution is 9.10. The zero-order chi connectivity index (χ0) is 15.6. The molecule has 2 rings (SSSR count). The van der Waals surface area contributed by atoms with Crippen LogP contribution in [0.4, 0.5) is 14.5 Å². The van der Waals surface area contributed by atoms with Gasteiger partial charge in [-0.3, -0.25) is 10.1 Å². The summed E-state index contributed by atoms with van der Waals surface area (Å²) in [7, 11) is 1.35. The van der Waals surface area contributed by atoms with E-state index in [0.717, 1.165) is 0 Å². The fourth-order valence-electron chi connectivity index (χ4n) is 1.36. The van der Waals surface area contributed by atoms with Crippen molar-refractivity contribution in [1.82, 2.24) is 9.97 Å². The molecular formula is C11H6BrF2N3O4. The van der Waals surface area contributed by atoms with Gasteiger partial charge in [-0.25, -0.2) is 9.37 Å². The van der Waals surface area contributed by atoms with E-state index < -0.39 is 28.0 Å². The molecule has 0 spiro atoms. The van der Waals surface area contributed by atoms with Gasteiger partial charge in [-0.05, 0) is 15.9 Å². The van der Waals surface area contributed by atoms with E-state index in [2.05, 4.69) is 25.9 Å². The number of halogens is 3. The van der Waals surface area contributed by atoms with Crippen LogP contribution in [0.3, 0.4) is 0 Å². The average molecular weight is 362 g/mol. The van der Waals surface area contributed by atoms with Gasteiger partial charge in [-0.15, -0.1) is 0 Å². The van der Waals surface area contributed by atoms with E-state index in [4.69, 9.17) is 9.47 Å². The van der Waals surface area contributed by atoms with Gasteiger partial charge in [0.15, 0.2) is 11.6 Å². The third-order valence-corrected chi connectivity index (χ3v) is 2.83. The average Bonchev–Trinajstić information content (AvgIpc) is 2.44. The lowest BCUT2D eigenvalue weighted by molar-refractivity contribution is -0.387. The Labute approximate surface area is 124 Å². The van der Waals surface area contributed by atoms with Gasteiger partial charge >= 0.3 is 11.7 Å². The maximum Gasteiger partial charge on any atom is 0.325 e. The number of methoxy groups -OCH3 is 1. The molecule has 110 valence electrons. The lowest BCUT2D eigenvalue weighted by atomic mass is 10.3. The van der Waals surface area contributed by atoms with E-state index in [1.54, 1.807) is 0 Å². The van der Waals surface area contributed by atoms with Crippen LogP contribution in [0.25, 0.3) is 0 Å². The van der Waals surface area contributed by atoms with Crippen molar-refractivity contribution in [2.45, 2.75) is 0 Å². The molecule has 0 fully saturated rings. The molecule has 0 saturated carbocycles. The Bertz CT molecular complexity index is 714. The van der Waals surface area contributed by atoms with Crippen LogP contribution < -0.4 is 9.47 Å². The van der Waals surface area contributed by atoms with E-state index >= 15 is 0 Å². The normalized spacial score (nSPS) is 10.3. The summed E-state index contributed by atoms with van der Waals surface area (Å²) in [6, 6.07) is 0.661. The number of nitrogens with zero attached hydrogens (tertiary/aromatic N) is 3. The predicted octanol–water partition coefficient (Wildman–Crippen LogP) is 3.23. The Morgan fingerprint density at radius 3 is 2.67 bits per heavy atom. The zero-order valence-corrected chi connectivity index (χ0v) is 11.9. The maximum absolute atomic E-state index is 13.6. The third-order valence-electron chi connectivity index (χ3n) is 2.28. The molecule has 0 atom stereocenters. The first-order valence-corrected chi connectivity index (χ1v) is 6.09. The minimum absolute atomic E-state index is 0.128. The molecule has 0 bridgehead atoms. The van der Waals surface area contributed by atoms with E-state index in [0.29, 0.717) is 16.6 Å². The first kappa shape index (κ1) is 15.0. The number of ether oxygens (including phenoxy) is 2. The van der Waals surface area contributed by atoms with Crippen molar-refractivity contribution in [3.05, 3.63) is 44.6 Å². The fourth-order valence-corrected chi connectivity index (χ4v) is 1.72. The van der Waals surface area contributed by atoms with Crippen LogP contribution in [0.5, 0.6) is 17.6 Å². The molecule has 10 heteroatoms. The summed E-state index contributed by atoms with van der Waals surface area (Å²) in [5.41, 5.74) is -0.992. The second-order valence-electron chi connectivity index (χ2n) is 3.60. The standard InChI is InChI=1S/C11H6BrF2N3O4/c1-20-10-5(12)4-15-11(16-10)21-9-3-6(13)8(17(18)19)2-7(9)14/h2-4H,1H3. The summed E-state index contributed by atoms with van der Waals surface area (Å²) in [6.07, 6.45) is 1.29. The van der Waals surface area contributed by atoms with Gasteiger partial charge in [-0.1, -0.05) is 0 Å². The number of benzene rings is 1. The number of hydrogen-bond acceptors (Lipinski definition) is 6. The Kier molecular flexibility index (Phi) is 4.26. The van der Waals surface area contributed by atoms with Crippen molar-refractivity contribution in [1.29, 1.82) is 0 Å². The van der Waals surface area contributed by atoms with Gasteiger partial charge in [0.1, 0.15) is 0 Å². The highest BCUT2D eigenvalue weighted by Gasteiger charge is 2.20. The van der Waals surface area contributed by atoms with Crippen molar-refractivity contribution in [3.63, 3.8) is 0 Å². The topological polar surface area (TPSA) is 87.4 Å². The molecule has 1 heterocycles. The van der Waals surface area contributed by atoms with Crippen molar-refractivity contribution < 1.29 is 23.2 Å². The Morgan fingerprint density at radius 1 is 1.33 bits per heavy atom. The lowest BCUT2D eigenvalue weighted by Gasteiger charge is -2.07. The van der Waals surface area contributed by atoms with Gasteiger partial charge in [0, 0.05) is 6.07 Å². The number of aromatic nitrogens is 2. The van der Waals surface area contributed by atoms with Crippen molar-refractivity contribution >= 4 is 21.6 Å². The van der Waals surface area contributed by atoms with Crippen LogP contribution in [0.1, 0.15) is 0 Å². The van der Waals surface area contributed by atoms with Crippen LogP contribution in [-0.2, 0) is 0 Å². The molecule has 2 aromatic rings. The second kappa shape index (κ2) is 5.95. The van der Waals surface area contributed by atoms with Gasteiger partial charge < -0.3 is 9.47 Å². The Hall–Kier alpha value is -2.36. The van der Waals surface area contributed by atoms with E-state index in [1.165, 1.54) is 13.3 Å². The minimum Gasteiger partial charge on any atom is -0.480 e. The zero-order valence-electron chi connectivity index (χ0n) is 10.3. The van der Waals surface area contributed by atoms with Gasteiger partial charge in [0.2, 0.25) is 11.7 Å². The molecule has 1 aromatic carbocycles. The van der Waals surface area contributed by atoms with Crippen molar-refractivity contribution in [2.24, 2.45) is 0 Å². The molecule has 0 saturated heterocycles. The third kappa shape index (κ3) is 3.21. The summed E-state index contributed by atoms with van der Waals surface area (Å²) in [5, 5.41) is 10.5. The molecule has 1 aromatic heterocycles. The van der Waals surface area contributed by atoms with Crippen LogP contribution >= 0.6 is 15.9 Å². The quantitative estimate of drug-likeness (QED) is 0.613. The summed E-state index contributed by atoms with van der Waals surface area (Å²) < 4.78 is 37.4. The summed E-state index contributed by atoms with van der Waals surface area (Å²) in [5.74, 6) is -2.81.